The van der Waals surface area contributed by atoms with Crippen molar-refractivity contribution in [1.29, 1.82) is 0 Å². The predicted octanol–water partition coefficient (Wildman–Crippen LogP) is 1.89. The number of carbonyl (C=O) groups excluding carboxylic acids is 1. The van der Waals surface area contributed by atoms with E-state index in [1.54, 1.807) is 30.5 Å². The van der Waals surface area contributed by atoms with Crippen LogP contribution in [0.4, 0.5) is 11.5 Å². The lowest BCUT2D eigenvalue weighted by molar-refractivity contribution is -0.118. The maximum absolute atomic E-state index is 12.1. The van der Waals surface area contributed by atoms with Gasteiger partial charge < -0.3 is 24.8 Å². The van der Waals surface area contributed by atoms with Crippen LogP contribution < -0.4 is 15.0 Å². The van der Waals surface area contributed by atoms with Gasteiger partial charge in [-0.3, -0.25) is 9.69 Å². The Morgan fingerprint density at radius 3 is 2.62 bits per heavy atom. The standard InChI is InChI=1S/C23H27ClN4O4/c1-2-13-31-16-20(29)15-27-9-11-28(12-10-27)22-8-5-19(14-25-22)26-23(30)17-32-21-6-3-18(24)4-7-21/h1,3-8,14,20,29H,9-13,15-17H2,(H,26,30). The molecule has 1 aliphatic rings. The smallest absolute Gasteiger partial charge is 0.262 e. The van der Waals surface area contributed by atoms with Crippen molar-refractivity contribution in [3.05, 3.63) is 47.6 Å². The van der Waals surface area contributed by atoms with Gasteiger partial charge in [-0.05, 0) is 36.4 Å². The van der Waals surface area contributed by atoms with Crippen LogP contribution in [0.15, 0.2) is 42.6 Å². The van der Waals surface area contributed by atoms with Gasteiger partial charge in [0.25, 0.3) is 5.91 Å². The van der Waals surface area contributed by atoms with E-state index in [9.17, 15) is 9.90 Å². The molecule has 0 aliphatic carbocycles. The number of amides is 1. The van der Waals surface area contributed by atoms with Crippen molar-refractivity contribution >= 4 is 29.0 Å². The van der Waals surface area contributed by atoms with Gasteiger partial charge in [0.15, 0.2) is 6.61 Å². The van der Waals surface area contributed by atoms with E-state index < -0.39 is 6.10 Å². The number of piperazine rings is 1. The lowest BCUT2D eigenvalue weighted by Gasteiger charge is -2.36. The van der Waals surface area contributed by atoms with Gasteiger partial charge in [0.1, 0.15) is 18.2 Å². The van der Waals surface area contributed by atoms with E-state index in [0.717, 1.165) is 32.0 Å². The van der Waals surface area contributed by atoms with Crippen LogP contribution in [0.25, 0.3) is 0 Å². The highest BCUT2D eigenvalue weighted by Crippen LogP contribution is 2.17. The van der Waals surface area contributed by atoms with Gasteiger partial charge in [-0.1, -0.05) is 17.5 Å². The van der Waals surface area contributed by atoms with Gasteiger partial charge in [-0.2, -0.15) is 0 Å². The van der Waals surface area contributed by atoms with Gasteiger partial charge in [-0.25, -0.2) is 4.98 Å². The number of pyridine rings is 1. The van der Waals surface area contributed by atoms with E-state index in [1.165, 1.54) is 0 Å². The molecule has 1 aliphatic heterocycles. The molecular weight excluding hydrogens is 432 g/mol. The topological polar surface area (TPSA) is 87.2 Å². The van der Waals surface area contributed by atoms with Crippen LogP contribution in [0, 0.1) is 12.3 Å². The van der Waals surface area contributed by atoms with Crippen LogP contribution in [0.3, 0.4) is 0 Å². The fourth-order valence-electron chi connectivity index (χ4n) is 3.29. The second-order valence-electron chi connectivity index (χ2n) is 7.36. The Morgan fingerprint density at radius 1 is 1.22 bits per heavy atom. The Kier molecular flexibility index (Phi) is 9.13. The van der Waals surface area contributed by atoms with Crippen molar-refractivity contribution < 1.29 is 19.4 Å². The number of hydrogen-bond acceptors (Lipinski definition) is 7. The average Bonchev–Trinajstić information content (AvgIpc) is 2.80. The number of aliphatic hydroxyl groups is 1. The molecule has 1 amide bonds. The summed E-state index contributed by atoms with van der Waals surface area (Å²) >= 11 is 5.83. The van der Waals surface area contributed by atoms with E-state index in [1.807, 2.05) is 12.1 Å². The molecule has 9 heteroatoms. The average molecular weight is 459 g/mol. The number of carbonyl (C=O) groups is 1. The van der Waals surface area contributed by atoms with Crippen LogP contribution in [0.5, 0.6) is 5.75 Å². The summed E-state index contributed by atoms with van der Waals surface area (Å²) < 4.78 is 10.6. The SMILES string of the molecule is C#CCOCC(O)CN1CCN(c2ccc(NC(=O)COc3ccc(Cl)cc3)cn2)CC1. The van der Waals surface area contributed by atoms with Gasteiger partial charge in [-0.15, -0.1) is 6.42 Å². The fraction of sp³-hybridized carbons (Fsp3) is 0.391. The highest BCUT2D eigenvalue weighted by molar-refractivity contribution is 6.30. The molecule has 2 heterocycles. The number of ether oxygens (including phenoxy) is 2. The Morgan fingerprint density at radius 2 is 1.97 bits per heavy atom. The van der Waals surface area contributed by atoms with E-state index in [2.05, 4.69) is 26.0 Å². The number of terminal acetylenes is 1. The number of nitrogens with zero attached hydrogens (tertiary/aromatic N) is 3. The van der Waals surface area contributed by atoms with Gasteiger partial charge in [0.05, 0.1) is 24.6 Å². The van der Waals surface area contributed by atoms with Crippen LogP contribution in [0.2, 0.25) is 5.02 Å². The summed E-state index contributed by atoms with van der Waals surface area (Å²) in [6.45, 7) is 4.12. The maximum Gasteiger partial charge on any atom is 0.262 e. The Bertz CT molecular complexity index is 894. The molecule has 1 saturated heterocycles. The fourth-order valence-corrected chi connectivity index (χ4v) is 3.41. The summed E-state index contributed by atoms with van der Waals surface area (Å²) in [6, 6.07) is 10.5. The molecule has 0 radical (unpaired) electrons. The van der Waals surface area contributed by atoms with E-state index in [-0.39, 0.29) is 25.7 Å². The first kappa shape index (κ1) is 23.8. The lowest BCUT2D eigenvalue weighted by Crippen LogP contribution is -2.49. The molecule has 170 valence electrons. The largest absolute Gasteiger partial charge is 0.484 e. The zero-order valence-corrected chi connectivity index (χ0v) is 18.5. The molecule has 1 aromatic heterocycles. The Labute approximate surface area is 193 Å². The van der Waals surface area contributed by atoms with Gasteiger partial charge >= 0.3 is 0 Å². The van der Waals surface area contributed by atoms with Crippen LogP contribution in [-0.2, 0) is 9.53 Å². The Hall–Kier alpha value is -2.83. The predicted molar refractivity (Wildman–Crippen MR) is 124 cm³/mol. The van der Waals surface area contributed by atoms with E-state index >= 15 is 0 Å². The van der Waals surface area contributed by atoms with Gasteiger partial charge in [0, 0.05) is 37.7 Å². The van der Waals surface area contributed by atoms with Gasteiger partial charge in [0.2, 0.25) is 0 Å². The normalized spacial score (nSPS) is 15.1. The van der Waals surface area contributed by atoms with Crippen molar-refractivity contribution in [2.75, 3.05) is 62.8 Å². The number of halogens is 1. The van der Waals surface area contributed by atoms with Crippen molar-refractivity contribution in [2.45, 2.75) is 6.10 Å². The lowest BCUT2D eigenvalue weighted by atomic mass is 10.2. The molecule has 2 aromatic rings. The van der Waals surface area contributed by atoms with Crippen molar-refractivity contribution in [3.63, 3.8) is 0 Å². The number of anilines is 2. The highest BCUT2D eigenvalue weighted by atomic mass is 35.5. The molecule has 1 fully saturated rings. The second kappa shape index (κ2) is 12.3. The first-order chi connectivity index (χ1) is 15.5. The molecular formula is C23H27ClN4O4. The summed E-state index contributed by atoms with van der Waals surface area (Å²) in [5.74, 6) is 3.53. The molecule has 8 nitrogen and oxygen atoms in total. The van der Waals surface area contributed by atoms with Crippen LogP contribution in [0.1, 0.15) is 0 Å². The highest BCUT2D eigenvalue weighted by Gasteiger charge is 2.20. The monoisotopic (exact) mass is 458 g/mol. The molecule has 32 heavy (non-hydrogen) atoms. The van der Waals surface area contributed by atoms with Crippen molar-refractivity contribution in [3.8, 4) is 18.1 Å². The number of benzene rings is 1. The molecule has 0 spiro atoms. The number of aromatic nitrogens is 1. The Balaban J connectivity index is 1.39. The molecule has 2 N–H and O–H groups in total. The summed E-state index contributed by atoms with van der Waals surface area (Å²) in [4.78, 5) is 20.9. The van der Waals surface area contributed by atoms with Crippen LogP contribution >= 0.6 is 11.6 Å². The minimum Gasteiger partial charge on any atom is -0.484 e. The van der Waals surface area contributed by atoms with Crippen LogP contribution in [-0.4, -0.2) is 79.5 Å². The summed E-state index contributed by atoms with van der Waals surface area (Å²) in [5.41, 5.74) is 0.604. The number of β-amino-alcohol motifs (C(OH)–C–C–N with tert-alkyl or cyclic N) is 1. The van der Waals surface area contributed by atoms with E-state index in [4.69, 9.17) is 27.5 Å². The summed E-state index contributed by atoms with van der Waals surface area (Å²) in [5, 5.41) is 13.4. The zero-order chi connectivity index (χ0) is 22.8. The van der Waals surface area contributed by atoms with Crippen molar-refractivity contribution in [2.24, 2.45) is 0 Å². The number of rotatable bonds is 10. The molecule has 1 atom stereocenters. The third-order valence-electron chi connectivity index (χ3n) is 4.88. The molecule has 1 unspecified atom stereocenters. The molecule has 0 saturated carbocycles. The second-order valence-corrected chi connectivity index (χ2v) is 7.79. The van der Waals surface area contributed by atoms with E-state index in [0.29, 0.717) is 23.0 Å². The van der Waals surface area contributed by atoms with Crippen molar-refractivity contribution in [1.82, 2.24) is 9.88 Å². The molecule has 3 rings (SSSR count). The minimum absolute atomic E-state index is 0.106. The first-order valence-corrected chi connectivity index (χ1v) is 10.7. The quantitative estimate of drug-likeness (QED) is 0.415. The number of aliphatic hydroxyl groups excluding tert-OH is 1. The third kappa shape index (κ3) is 7.70. The third-order valence-corrected chi connectivity index (χ3v) is 5.13. The maximum atomic E-state index is 12.1. The first-order valence-electron chi connectivity index (χ1n) is 10.3. The molecule has 0 bridgehead atoms. The molecule has 1 aromatic carbocycles. The summed E-state index contributed by atoms with van der Waals surface area (Å²) in [7, 11) is 0. The number of hydrogen-bond donors (Lipinski definition) is 2. The minimum atomic E-state index is -0.556. The zero-order valence-electron chi connectivity index (χ0n) is 17.7. The number of nitrogens with one attached hydrogen (secondary N) is 1. The summed E-state index contributed by atoms with van der Waals surface area (Å²) in [6.07, 6.45) is 6.21.